The second-order valence-electron chi connectivity index (χ2n) is 8.03. The molecule has 0 aromatic carbocycles. The van der Waals surface area contributed by atoms with Crippen LogP contribution in [0.15, 0.2) is 18.3 Å². The highest BCUT2D eigenvalue weighted by Crippen LogP contribution is 2.44. The van der Waals surface area contributed by atoms with Crippen molar-refractivity contribution < 1.29 is 9.47 Å². The van der Waals surface area contributed by atoms with Gasteiger partial charge in [-0.1, -0.05) is 6.07 Å². The molecule has 2 aliphatic rings. The van der Waals surface area contributed by atoms with Crippen molar-refractivity contribution in [3.8, 4) is 5.88 Å². The summed E-state index contributed by atoms with van der Waals surface area (Å²) in [4.78, 5) is 9.53. The van der Waals surface area contributed by atoms with Crippen LogP contribution in [0.5, 0.6) is 5.88 Å². The van der Waals surface area contributed by atoms with E-state index >= 15 is 0 Å². The second-order valence-corrected chi connectivity index (χ2v) is 8.03. The second kappa shape index (κ2) is 8.02. The van der Waals surface area contributed by atoms with Crippen LogP contribution in [0, 0.1) is 5.41 Å². The summed E-state index contributed by atoms with van der Waals surface area (Å²) in [5.74, 6) is 0.759. The molecule has 1 aromatic heterocycles. The minimum absolute atomic E-state index is 0.475. The Morgan fingerprint density at radius 3 is 2.68 bits per heavy atom. The van der Waals surface area contributed by atoms with Crippen molar-refractivity contribution in [1.29, 1.82) is 0 Å². The Morgan fingerprint density at radius 2 is 2.04 bits per heavy atom. The predicted octanol–water partition coefficient (Wildman–Crippen LogP) is 2.80. The normalized spacial score (nSPS) is 24.3. The standard InChI is InChI=1S/C20H33N3O2/c1-16(2)23-15-20(12-18(23)14-24-3)7-10-22(11-8-20)13-17-6-5-9-21-19(17)25-4/h5-6,9,16,18H,7-8,10-15H2,1-4H3/t18-/m1/s1. The molecule has 140 valence electrons. The molecule has 2 saturated heterocycles. The van der Waals surface area contributed by atoms with E-state index in [9.17, 15) is 0 Å². The van der Waals surface area contributed by atoms with E-state index in [1.807, 2.05) is 13.2 Å². The maximum atomic E-state index is 5.49. The number of rotatable bonds is 6. The lowest BCUT2D eigenvalue weighted by atomic mass is 9.76. The van der Waals surface area contributed by atoms with Crippen LogP contribution < -0.4 is 4.74 Å². The van der Waals surface area contributed by atoms with E-state index in [0.717, 1.165) is 32.1 Å². The summed E-state index contributed by atoms with van der Waals surface area (Å²) in [6.45, 7) is 9.95. The number of aromatic nitrogens is 1. The van der Waals surface area contributed by atoms with Gasteiger partial charge >= 0.3 is 0 Å². The predicted molar refractivity (Wildman–Crippen MR) is 99.9 cm³/mol. The summed E-state index contributed by atoms with van der Waals surface area (Å²) in [7, 11) is 3.53. The number of hydrogen-bond acceptors (Lipinski definition) is 5. The van der Waals surface area contributed by atoms with Crippen molar-refractivity contribution in [2.24, 2.45) is 5.41 Å². The number of nitrogens with zero attached hydrogens (tertiary/aromatic N) is 3. The van der Waals surface area contributed by atoms with Crippen LogP contribution in [0.4, 0.5) is 0 Å². The van der Waals surface area contributed by atoms with E-state index in [2.05, 4.69) is 34.7 Å². The van der Waals surface area contributed by atoms with Crippen molar-refractivity contribution in [1.82, 2.24) is 14.8 Å². The zero-order chi connectivity index (χ0) is 17.9. The molecule has 5 nitrogen and oxygen atoms in total. The van der Waals surface area contributed by atoms with Gasteiger partial charge in [-0.25, -0.2) is 4.98 Å². The van der Waals surface area contributed by atoms with Gasteiger partial charge in [0.05, 0.1) is 13.7 Å². The lowest BCUT2D eigenvalue weighted by Crippen LogP contribution is -2.42. The highest BCUT2D eigenvalue weighted by Gasteiger charge is 2.46. The molecule has 5 heteroatoms. The molecule has 0 aliphatic carbocycles. The van der Waals surface area contributed by atoms with Gasteiger partial charge in [0.25, 0.3) is 0 Å². The molecule has 25 heavy (non-hydrogen) atoms. The number of hydrogen-bond donors (Lipinski definition) is 0. The summed E-state index contributed by atoms with van der Waals surface area (Å²) in [5, 5.41) is 0. The van der Waals surface area contributed by atoms with Gasteiger partial charge in [-0.15, -0.1) is 0 Å². The smallest absolute Gasteiger partial charge is 0.217 e. The summed E-state index contributed by atoms with van der Waals surface area (Å²) in [6, 6.07) is 5.30. The molecule has 0 radical (unpaired) electrons. The summed E-state index contributed by atoms with van der Waals surface area (Å²) >= 11 is 0. The number of ether oxygens (including phenoxy) is 2. The van der Waals surface area contributed by atoms with Gasteiger partial charge in [-0.2, -0.15) is 0 Å². The van der Waals surface area contributed by atoms with Crippen LogP contribution in [0.25, 0.3) is 0 Å². The molecule has 0 saturated carbocycles. The van der Waals surface area contributed by atoms with Crippen LogP contribution in [0.2, 0.25) is 0 Å². The van der Waals surface area contributed by atoms with E-state index in [1.165, 1.54) is 31.4 Å². The fourth-order valence-corrected chi connectivity index (χ4v) is 4.67. The first-order chi connectivity index (χ1) is 12.1. The van der Waals surface area contributed by atoms with Gasteiger partial charge in [-0.3, -0.25) is 9.80 Å². The average Bonchev–Trinajstić information content (AvgIpc) is 2.96. The SMILES string of the molecule is COC[C@H]1CC2(CCN(Cc3cccnc3OC)CC2)CN1C(C)C. The van der Waals surface area contributed by atoms with Crippen LogP contribution in [0.1, 0.15) is 38.7 Å². The van der Waals surface area contributed by atoms with Gasteiger partial charge in [0.1, 0.15) is 0 Å². The van der Waals surface area contributed by atoms with Crippen LogP contribution in [-0.2, 0) is 11.3 Å². The molecule has 2 fully saturated rings. The lowest BCUT2D eigenvalue weighted by Gasteiger charge is -2.39. The molecule has 0 amide bonds. The minimum Gasteiger partial charge on any atom is -0.481 e. The molecule has 1 aromatic rings. The lowest BCUT2D eigenvalue weighted by molar-refractivity contribution is 0.0913. The van der Waals surface area contributed by atoms with Crippen molar-refractivity contribution >= 4 is 0 Å². The zero-order valence-electron chi connectivity index (χ0n) is 16.2. The molecule has 1 atom stereocenters. The zero-order valence-corrected chi connectivity index (χ0v) is 16.2. The Labute approximate surface area is 152 Å². The quantitative estimate of drug-likeness (QED) is 0.791. The number of methoxy groups -OCH3 is 2. The monoisotopic (exact) mass is 347 g/mol. The van der Waals surface area contributed by atoms with E-state index in [1.54, 1.807) is 13.3 Å². The molecule has 3 rings (SSSR count). The van der Waals surface area contributed by atoms with E-state index in [0.29, 0.717) is 17.5 Å². The van der Waals surface area contributed by atoms with Gasteiger partial charge in [0.15, 0.2) is 0 Å². The first-order valence-electron chi connectivity index (χ1n) is 9.52. The first-order valence-corrected chi connectivity index (χ1v) is 9.52. The first kappa shape index (κ1) is 18.6. The van der Waals surface area contributed by atoms with E-state index in [4.69, 9.17) is 9.47 Å². The van der Waals surface area contributed by atoms with E-state index < -0.39 is 0 Å². The van der Waals surface area contributed by atoms with Crippen molar-refractivity contribution in [2.75, 3.05) is 40.5 Å². The van der Waals surface area contributed by atoms with Gasteiger partial charge < -0.3 is 9.47 Å². The third-order valence-corrected chi connectivity index (χ3v) is 6.03. The highest BCUT2D eigenvalue weighted by molar-refractivity contribution is 5.25. The Morgan fingerprint density at radius 1 is 1.28 bits per heavy atom. The van der Waals surface area contributed by atoms with Gasteiger partial charge in [0, 0.05) is 44.0 Å². The topological polar surface area (TPSA) is 37.8 Å². The van der Waals surface area contributed by atoms with E-state index in [-0.39, 0.29) is 0 Å². The minimum atomic E-state index is 0.475. The van der Waals surface area contributed by atoms with Crippen molar-refractivity contribution in [2.45, 2.75) is 51.7 Å². The molecule has 0 bridgehead atoms. The fraction of sp³-hybridized carbons (Fsp3) is 0.750. The largest absolute Gasteiger partial charge is 0.481 e. The third kappa shape index (κ3) is 4.15. The van der Waals surface area contributed by atoms with Crippen LogP contribution in [-0.4, -0.2) is 67.3 Å². The molecule has 1 spiro atoms. The fourth-order valence-electron chi connectivity index (χ4n) is 4.67. The van der Waals surface area contributed by atoms with Gasteiger partial charge in [-0.05, 0) is 57.7 Å². The third-order valence-electron chi connectivity index (χ3n) is 6.03. The molecular weight excluding hydrogens is 314 g/mol. The van der Waals surface area contributed by atoms with Crippen LogP contribution >= 0.6 is 0 Å². The number of likely N-dealkylation sites (tertiary alicyclic amines) is 2. The van der Waals surface area contributed by atoms with Crippen molar-refractivity contribution in [3.63, 3.8) is 0 Å². The summed E-state index contributed by atoms with van der Waals surface area (Å²) < 4.78 is 10.9. The number of pyridine rings is 1. The summed E-state index contributed by atoms with van der Waals surface area (Å²) in [6.07, 6.45) is 5.63. The van der Waals surface area contributed by atoms with Gasteiger partial charge in [0.2, 0.25) is 5.88 Å². The molecule has 0 N–H and O–H groups in total. The Balaban J connectivity index is 1.60. The Kier molecular flexibility index (Phi) is 5.97. The molecule has 2 aliphatic heterocycles. The van der Waals surface area contributed by atoms with Crippen molar-refractivity contribution in [3.05, 3.63) is 23.9 Å². The average molecular weight is 348 g/mol. The highest BCUT2D eigenvalue weighted by atomic mass is 16.5. The Hall–Kier alpha value is -1.17. The molecule has 0 unspecified atom stereocenters. The molecule has 3 heterocycles. The Bertz CT molecular complexity index is 556. The molecular formula is C20H33N3O2. The number of piperidine rings is 1. The summed E-state index contributed by atoms with van der Waals surface area (Å²) in [5.41, 5.74) is 1.66. The maximum absolute atomic E-state index is 5.49. The van der Waals surface area contributed by atoms with Crippen LogP contribution in [0.3, 0.4) is 0 Å². The maximum Gasteiger partial charge on any atom is 0.217 e.